The largest absolute Gasteiger partial charge is 0.327 e. The Bertz CT molecular complexity index is 512. The number of nitrogens with zero attached hydrogens (tertiary/aromatic N) is 2. The zero-order chi connectivity index (χ0) is 16.6. The van der Waals surface area contributed by atoms with E-state index < -0.39 is 5.54 Å². The number of urea groups is 1. The van der Waals surface area contributed by atoms with Gasteiger partial charge in [-0.1, -0.05) is 19.3 Å². The number of hydrogen-bond acceptors (Lipinski definition) is 4. The molecule has 3 rings (SSSR count). The first-order valence-electron chi connectivity index (χ1n) is 8.70. The molecule has 2 heterocycles. The molecule has 0 aromatic rings. The summed E-state index contributed by atoms with van der Waals surface area (Å²) in [5, 5.41) is -0.0394. The van der Waals surface area contributed by atoms with Gasteiger partial charge in [0.25, 0.3) is 5.91 Å². The number of amides is 3. The maximum Gasteiger partial charge on any atom is 0.327 e. The molecule has 5 nitrogen and oxygen atoms in total. The van der Waals surface area contributed by atoms with Crippen LogP contribution in [0.4, 0.5) is 4.79 Å². The zero-order valence-corrected chi connectivity index (χ0v) is 14.9. The first-order valence-corrected chi connectivity index (χ1v) is 9.75. The standard InChI is InChI=1S/C17H26N2O3S/c1-17(12-7-4-3-5-8-12)15(21)19(16(22)18(17)2)11-13(20)14-9-6-10-23-14/h12,14H,3-11H2,1-2H3. The van der Waals surface area contributed by atoms with E-state index in [1.54, 1.807) is 23.7 Å². The van der Waals surface area contributed by atoms with Gasteiger partial charge in [-0.3, -0.25) is 14.5 Å². The lowest BCUT2D eigenvalue weighted by Gasteiger charge is -2.38. The monoisotopic (exact) mass is 338 g/mol. The second-order valence-electron chi connectivity index (χ2n) is 7.18. The SMILES string of the molecule is CN1C(=O)N(CC(=O)C2CCCS2)C(=O)C1(C)C1CCCCC1. The van der Waals surface area contributed by atoms with Crippen molar-refractivity contribution in [3.63, 3.8) is 0 Å². The first-order chi connectivity index (χ1) is 11.0. The van der Waals surface area contributed by atoms with E-state index in [1.165, 1.54) is 11.3 Å². The molecular weight excluding hydrogens is 312 g/mol. The van der Waals surface area contributed by atoms with Crippen LogP contribution >= 0.6 is 11.8 Å². The highest BCUT2D eigenvalue weighted by Gasteiger charge is 2.56. The predicted molar refractivity (Wildman–Crippen MR) is 90.3 cm³/mol. The molecule has 2 atom stereocenters. The van der Waals surface area contributed by atoms with Crippen LogP contribution in [0.2, 0.25) is 0 Å². The van der Waals surface area contributed by atoms with Crippen LogP contribution < -0.4 is 0 Å². The molecule has 3 aliphatic rings. The molecule has 2 aliphatic heterocycles. The fraction of sp³-hybridized carbons (Fsp3) is 0.824. The van der Waals surface area contributed by atoms with E-state index in [0.29, 0.717) is 0 Å². The van der Waals surface area contributed by atoms with E-state index in [0.717, 1.165) is 44.3 Å². The van der Waals surface area contributed by atoms with Crippen molar-refractivity contribution in [3.8, 4) is 0 Å². The minimum Gasteiger partial charge on any atom is -0.313 e. The van der Waals surface area contributed by atoms with Crippen molar-refractivity contribution >= 4 is 29.5 Å². The summed E-state index contributed by atoms with van der Waals surface area (Å²) in [6.45, 7) is 1.83. The Balaban J connectivity index is 1.75. The summed E-state index contributed by atoms with van der Waals surface area (Å²) in [5.41, 5.74) is -0.777. The molecule has 0 bridgehead atoms. The topological polar surface area (TPSA) is 57.7 Å². The van der Waals surface area contributed by atoms with Crippen LogP contribution in [0.1, 0.15) is 51.9 Å². The third-order valence-corrected chi connectivity index (χ3v) is 7.32. The van der Waals surface area contributed by atoms with Crippen molar-refractivity contribution in [2.24, 2.45) is 5.92 Å². The summed E-state index contributed by atoms with van der Waals surface area (Å²) >= 11 is 1.65. The second-order valence-corrected chi connectivity index (χ2v) is 8.49. The van der Waals surface area contributed by atoms with Crippen molar-refractivity contribution in [2.45, 2.75) is 62.7 Å². The Kier molecular flexibility index (Phi) is 4.72. The lowest BCUT2D eigenvalue weighted by molar-refractivity contribution is -0.137. The van der Waals surface area contributed by atoms with E-state index in [-0.39, 0.29) is 35.4 Å². The maximum atomic E-state index is 13.0. The zero-order valence-electron chi connectivity index (χ0n) is 14.0. The van der Waals surface area contributed by atoms with E-state index in [1.807, 2.05) is 6.92 Å². The molecule has 0 N–H and O–H groups in total. The van der Waals surface area contributed by atoms with Gasteiger partial charge in [-0.05, 0) is 44.3 Å². The van der Waals surface area contributed by atoms with Crippen LogP contribution in [-0.4, -0.2) is 57.7 Å². The minimum atomic E-state index is -0.777. The smallest absolute Gasteiger partial charge is 0.313 e. The van der Waals surface area contributed by atoms with E-state index in [2.05, 4.69) is 0 Å². The second kappa shape index (κ2) is 6.46. The number of likely N-dealkylation sites (N-methyl/N-ethyl adjacent to an activating group) is 1. The third kappa shape index (κ3) is 2.79. The van der Waals surface area contributed by atoms with Gasteiger partial charge in [0.1, 0.15) is 5.54 Å². The number of Topliss-reactive ketones (excluding diaryl/α,β-unsaturated/α-hetero) is 1. The van der Waals surface area contributed by atoms with Gasteiger partial charge in [0.05, 0.1) is 11.8 Å². The predicted octanol–water partition coefficient (Wildman–Crippen LogP) is 2.68. The minimum absolute atomic E-state index is 0.0236. The highest BCUT2D eigenvalue weighted by molar-refractivity contribution is 8.00. The van der Waals surface area contributed by atoms with Crippen molar-refractivity contribution < 1.29 is 14.4 Å². The molecule has 0 spiro atoms. The van der Waals surface area contributed by atoms with Crippen LogP contribution in [0, 0.1) is 5.92 Å². The van der Waals surface area contributed by atoms with Crippen LogP contribution in [0.15, 0.2) is 0 Å². The van der Waals surface area contributed by atoms with Crippen molar-refractivity contribution in [3.05, 3.63) is 0 Å². The normalized spacial score (nSPS) is 32.9. The lowest BCUT2D eigenvalue weighted by atomic mass is 9.75. The summed E-state index contributed by atoms with van der Waals surface area (Å²) in [6, 6.07) is -0.306. The van der Waals surface area contributed by atoms with Gasteiger partial charge >= 0.3 is 6.03 Å². The Morgan fingerprint density at radius 2 is 1.87 bits per heavy atom. The number of carbonyl (C=O) groups excluding carboxylic acids is 3. The molecule has 0 aromatic heterocycles. The highest BCUT2D eigenvalue weighted by Crippen LogP contribution is 2.41. The van der Waals surface area contributed by atoms with Crippen LogP contribution in [0.3, 0.4) is 0 Å². The van der Waals surface area contributed by atoms with Gasteiger partial charge in [0.2, 0.25) is 0 Å². The lowest BCUT2D eigenvalue weighted by Crippen LogP contribution is -2.52. The molecule has 0 aromatic carbocycles. The first kappa shape index (κ1) is 16.8. The molecule has 1 saturated carbocycles. The fourth-order valence-corrected chi connectivity index (χ4v) is 5.44. The molecule has 23 heavy (non-hydrogen) atoms. The van der Waals surface area contributed by atoms with Gasteiger partial charge in [0.15, 0.2) is 5.78 Å². The van der Waals surface area contributed by atoms with Crippen molar-refractivity contribution in [1.82, 2.24) is 9.80 Å². The Morgan fingerprint density at radius 1 is 1.17 bits per heavy atom. The summed E-state index contributed by atoms with van der Waals surface area (Å²) in [7, 11) is 1.71. The summed E-state index contributed by atoms with van der Waals surface area (Å²) in [4.78, 5) is 40.8. The quantitative estimate of drug-likeness (QED) is 0.740. The summed E-state index contributed by atoms with van der Waals surface area (Å²) in [5.74, 6) is 1.06. The molecule has 1 aliphatic carbocycles. The molecule has 3 amide bonds. The van der Waals surface area contributed by atoms with Gasteiger partial charge < -0.3 is 4.90 Å². The Morgan fingerprint density at radius 3 is 2.48 bits per heavy atom. The molecule has 128 valence electrons. The van der Waals surface area contributed by atoms with Gasteiger partial charge in [0, 0.05) is 7.05 Å². The summed E-state index contributed by atoms with van der Waals surface area (Å²) in [6.07, 6.45) is 7.33. The fourth-order valence-electron chi connectivity index (χ4n) is 4.23. The van der Waals surface area contributed by atoms with Crippen molar-refractivity contribution in [2.75, 3.05) is 19.3 Å². The molecule has 2 unspecified atom stereocenters. The van der Waals surface area contributed by atoms with Crippen molar-refractivity contribution in [1.29, 1.82) is 0 Å². The van der Waals surface area contributed by atoms with E-state index in [4.69, 9.17) is 0 Å². The Hall–Kier alpha value is -1.04. The molecule has 0 radical (unpaired) electrons. The number of hydrogen-bond donors (Lipinski definition) is 0. The van der Waals surface area contributed by atoms with Gasteiger partial charge in [-0.25, -0.2) is 4.79 Å². The Labute approximate surface area is 142 Å². The van der Waals surface area contributed by atoms with Crippen LogP contribution in [0.25, 0.3) is 0 Å². The molecule has 2 saturated heterocycles. The molecule has 6 heteroatoms. The summed E-state index contributed by atoms with van der Waals surface area (Å²) < 4.78 is 0. The number of ketones is 1. The number of imide groups is 1. The van der Waals surface area contributed by atoms with E-state index in [9.17, 15) is 14.4 Å². The number of rotatable bonds is 4. The number of carbonyl (C=O) groups is 3. The average molecular weight is 338 g/mol. The average Bonchev–Trinajstić information content (AvgIpc) is 3.16. The van der Waals surface area contributed by atoms with E-state index >= 15 is 0 Å². The molecule has 3 fully saturated rings. The van der Waals surface area contributed by atoms with Crippen LogP contribution in [0.5, 0.6) is 0 Å². The van der Waals surface area contributed by atoms with Crippen LogP contribution in [-0.2, 0) is 9.59 Å². The molecular formula is C17H26N2O3S. The maximum absolute atomic E-state index is 13.0. The number of thioether (sulfide) groups is 1. The van der Waals surface area contributed by atoms with Gasteiger partial charge in [-0.15, -0.1) is 0 Å². The van der Waals surface area contributed by atoms with Gasteiger partial charge in [-0.2, -0.15) is 11.8 Å². The highest BCUT2D eigenvalue weighted by atomic mass is 32.2. The third-order valence-electron chi connectivity index (χ3n) is 5.90.